The summed E-state index contributed by atoms with van der Waals surface area (Å²) in [5.41, 5.74) is 0. The summed E-state index contributed by atoms with van der Waals surface area (Å²) in [4.78, 5) is 25.0. The zero-order chi connectivity index (χ0) is 14.5. The molecule has 2 aliphatic rings. The van der Waals surface area contributed by atoms with Crippen LogP contribution in [0.15, 0.2) is 12.2 Å². The standard InChI is InChI=1S/C14H23N3O3/c1-10(9-17-6-2-3-7-17)15-14(20)16-12-5-4-11(8-12)13(18)19/h4-5,10-12H,2-3,6-9H2,1H3,(H,18,19)(H2,15,16,20). The van der Waals surface area contributed by atoms with Gasteiger partial charge in [0.1, 0.15) is 0 Å². The van der Waals surface area contributed by atoms with E-state index in [4.69, 9.17) is 5.11 Å². The van der Waals surface area contributed by atoms with Crippen molar-refractivity contribution in [3.63, 3.8) is 0 Å². The Bertz CT molecular complexity index is 391. The summed E-state index contributed by atoms with van der Waals surface area (Å²) < 4.78 is 0. The van der Waals surface area contributed by atoms with Gasteiger partial charge in [-0.3, -0.25) is 4.79 Å². The number of hydrogen-bond donors (Lipinski definition) is 3. The molecule has 6 nitrogen and oxygen atoms in total. The van der Waals surface area contributed by atoms with Crippen LogP contribution < -0.4 is 10.6 Å². The van der Waals surface area contributed by atoms with Crippen LogP contribution in [0.4, 0.5) is 4.79 Å². The van der Waals surface area contributed by atoms with Gasteiger partial charge in [-0.05, 0) is 39.3 Å². The van der Waals surface area contributed by atoms with Crippen LogP contribution in [0.3, 0.4) is 0 Å². The normalized spacial score (nSPS) is 27.4. The lowest BCUT2D eigenvalue weighted by molar-refractivity contribution is -0.140. The quantitative estimate of drug-likeness (QED) is 0.651. The zero-order valence-electron chi connectivity index (χ0n) is 11.8. The van der Waals surface area contributed by atoms with Crippen LogP contribution in [-0.2, 0) is 4.79 Å². The highest BCUT2D eigenvalue weighted by Gasteiger charge is 2.25. The number of likely N-dealkylation sites (tertiary alicyclic amines) is 1. The van der Waals surface area contributed by atoms with Gasteiger partial charge >= 0.3 is 12.0 Å². The number of nitrogens with zero attached hydrogens (tertiary/aromatic N) is 1. The molecule has 1 heterocycles. The van der Waals surface area contributed by atoms with E-state index in [1.54, 1.807) is 12.2 Å². The summed E-state index contributed by atoms with van der Waals surface area (Å²) >= 11 is 0. The largest absolute Gasteiger partial charge is 0.481 e. The third kappa shape index (κ3) is 4.23. The highest BCUT2D eigenvalue weighted by molar-refractivity contribution is 5.76. The van der Waals surface area contributed by atoms with Gasteiger partial charge in [-0.25, -0.2) is 4.79 Å². The van der Waals surface area contributed by atoms with Crippen molar-refractivity contribution in [3.05, 3.63) is 12.2 Å². The summed E-state index contributed by atoms with van der Waals surface area (Å²) in [6.07, 6.45) is 6.30. The fourth-order valence-electron chi connectivity index (χ4n) is 2.82. The number of carbonyl (C=O) groups is 2. The van der Waals surface area contributed by atoms with Crippen LogP contribution in [0.1, 0.15) is 26.2 Å². The van der Waals surface area contributed by atoms with Gasteiger partial charge in [0, 0.05) is 12.6 Å². The van der Waals surface area contributed by atoms with Crippen molar-refractivity contribution in [2.24, 2.45) is 5.92 Å². The molecule has 0 aromatic rings. The molecule has 112 valence electrons. The van der Waals surface area contributed by atoms with Crippen molar-refractivity contribution in [1.82, 2.24) is 15.5 Å². The van der Waals surface area contributed by atoms with Gasteiger partial charge in [0.2, 0.25) is 0 Å². The summed E-state index contributed by atoms with van der Waals surface area (Å²) in [5, 5.41) is 14.6. The van der Waals surface area contributed by atoms with Gasteiger partial charge in [-0.1, -0.05) is 12.2 Å². The molecule has 0 spiro atoms. The Balaban J connectivity index is 1.67. The number of carboxylic acids is 1. The van der Waals surface area contributed by atoms with Crippen LogP contribution >= 0.6 is 0 Å². The van der Waals surface area contributed by atoms with Gasteiger partial charge < -0.3 is 20.6 Å². The maximum Gasteiger partial charge on any atom is 0.315 e. The van der Waals surface area contributed by atoms with E-state index in [9.17, 15) is 9.59 Å². The predicted molar refractivity (Wildman–Crippen MR) is 75.5 cm³/mol. The lowest BCUT2D eigenvalue weighted by atomic mass is 10.1. The van der Waals surface area contributed by atoms with Crippen molar-refractivity contribution in [2.45, 2.75) is 38.3 Å². The van der Waals surface area contributed by atoms with E-state index in [1.165, 1.54) is 12.8 Å². The number of urea groups is 1. The second-order valence-electron chi connectivity index (χ2n) is 5.70. The molecule has 1 aliphatic carbocycles. The van der Waals surface area contributed by atoms with Crippen LogP contribution in [0.5, 0.6) is 0 Å². The average Bonchev–Trinajstić information content (AvgIpc) is 2.99. The Morgan fingerprint density at radius 3 is 2.65 bits per heavy atom. The van der Waals surface area contributed by atoms with Gasteiger partial charge in [-0.15, -0.1) is 0 Å². The van der Waals surface area contributed by atoms with Crippen LogP contribution in [0.25, 0.3) is 0 Å². The molecule has 1 fully saturated rings. The minimum atomic E-state index is -0.839. The fourth-order valence-corrected chi connectivity index (χ4v) is 2.82. The second-order valence-corrected chi connectivity index (χ2v) is 5.70. The Labute approximate surface area is 119 Å². The van der Waals surface area contributed by atoms with Crippen LogP contribution in [0.2, 0.25) is 0 Å². The van der Waals surface area contributed by atoms with Crippen LogP contribution in [-0.4, -0.2) is 53.7 Å². The SMILES string of the molecule is CC(CN1CCCC1)NC(=O)NC1C=CC(C(=O)O)C1. The molecule has 0 saturated carbocycles. The molecule has 2 amide bonds. The lowest BCUT2D eigenvalue weighted by Crippen LogP contribution is -2.48. The first kappa shape index (κ1) is 14.8. The number of hydrogen-bond acceptors (Lipinski definition) is 3. The molecular weight excluding hydrogens is 258 g/mol. The minimum Gasteiger partial charge on any atom is -0.481 e. The summed E-state index contributed by atoms with van der Waals surface area (Å²) in [6.45, 7) is 5.08. The highest BCUT2D eigenvalue weighted by Crippen LogP contribution is 2.17. The first-order valence-electron chi connectivity index (χ1n) is 7.25. The molecule has 3 unspecified atom stereocenters. The molecular formula is C14H23N3O3. The topological polar surface area (TPSA) is 81.7 Å². The zero-order valence-corrected chi connectivity index (χ0v) is 11.8. The summed E-state index contributed by atoms with van der Waals surface area (Å²) in [5.74, 6) is -1.32. The first-order chi connectivity index (χ1) is 9.54. The molecule has 0 aromatic carbocycles. The fraction of sp³-hybridized carbons (Fsp3) is 0.714. The number of carbonyl (C=O) groups excluding carboxylic acids is 1. The molecule has 1 saturated heterocycles. The Morgan fingerprint density at radius 2 is 2.05 bits per heavy atom. The highest BCUT2D eigenvalue weighted by atomic mass is 16.4. The van der Waals surface area contributed by atoms with E-state index in [1.807, 2.05) is 6.92 Å². The summed E-state index contributed by atoms with van der Waals surface area (Å²) in [7, 11) is 0. The third-order valence-electron chi connectivity index (χ3n) is 3.83. The molecule has 3 atom stereocenters. The lowest BCUT2D eigenvalue weighted by Gasteiger charge is -2.22. The van der Waals surface area contributed by atoms with Gasteiger partial charge in [0.25, 0.3) is 0 Å². The molecule has 0 bridgehead atoms. The van der Waals surface area contributed by atoms with Gasteiger partial charge in [0.15, 0.2) is 0 Å². The average molecular weight is 281 g/mol. The van der Waals surface area contributed by atoms with Crippen molar-refractivity contribution in [2.75, 3.05) is 19.6 Å². The van der Waals surface area contributed by atoms with Crippen molar-refractivity contribution < 1.29 is 14.7 Å². The van der Waals surface area contributed by atoms with E-state index < -0.39 is 11.9 Å². The molecule has 3 N–H and O–H groups in total. The van der Waals surface area contributed by atoms with Gasteiger partial charge in [-0.2, -0.15) is 0 Å². The van der Waals surface area contributed by atoms with E-state index in [2.05, 4.69) is 15.5 Å². The number of rotatable bonds is 5. The number of carboxylic acid groups (broad SMARTS) is 1. The monoisotopic (exact) mass is 281 g/mol. The molecule has 6 heteroatoms. The van der Waals surface area contributed by atoms with Crippen molar-refractivity contribution >= 4 is 12.0 Å². The number of amides is 2. The molecule has 2 rings (SSSR count). The smallest absolute Gasteiger partial charge is 0.315 e. The van der Waals surface area contributed by atoms with E-state index in [0.29, 0.717) is 6.42 Å². The second kappa shape index (κ2) is 6.74. The molecule has 1 aliphatic heterocycles. The van der Waals surface area contributed by atoms with E-state index in [0.717, 1.165) is 19.6 Å². The summed E-state index contributed by atoms with van der Waals surface area (Å²) in [6, 6.07) is -0.318. The van der Waals surface area contributed by atoms with E-state index >= 15 is 0 Å². The Morgan fingerprint density at radius 1 is 1.35 bits per heavy atom. The Kier molecular flexibility index (Phi) is 5.00. The predicted octanol–water partition coefficient (Wildman–Crippen LogP) is 0.799. The van der Waals surface area contributed by atoms with Crippen molar-refractivity contribution in [1.29, 1.82) is 0 Å². The van der Waals surface area contributed by atoms with Crippen molar-refractivity contribution in [3.8, 4) is 0 Å². The Hall–Kier alpha value is -1.56. The third-order valence-corrected chi connectivity index (χ3v) is 3.83. The maximum absolute atomic E-state index is 11.8. The molecule has 20 heavy (non-hydrogen) atoms. The number of aliphatic carboxylic acids is 1. The number of nitrogens with one attached hydrogen (secondary N) is 2. The molecule has 0 aromatic heterocycles. The molecule has 0 radical (unpaired) electrons. The minimum absolute atomic E-state index is 0.0914. The van der Waals surface area contributed by atoms with E-state index in [-0.39, 0.29) is 18.1 Å². The first-order valence-corrected chi connectivity index (χ1v) is 7.25. The van der Waals surface area contributed by atoms with Gasteiger partial charge in [0.05, 0.1) is 12.0 Å². The maximum atomic E-state index is 11.8. The van der Waals surface area contributed by atoms with Crippen LogP contribution in [0, 0.1) is 5.92 Å².